The van der Waals surface area contributed by atoms with Crippen molar-refractivity contribution in [3.63, 3.8) is 0 Å². The topological polar surface area (TPSA) is 88.7 Å². The average Bonchev–Trinajstić information content (AvgIpc) is 3.04. The number of benzene rings is 2. The molecule has 0 spiro atoms. The largest absolute Gasteiger partial charge is 0.504 e. The molecule has 0 radical (unpaired) electrons. The summed E-state index contributed by atoms with van der Waals surface area (Å²) in [6, 6.07) is 12.8. The van der Waals surface area contributed by atoms with Crippen molar-refractivity contribution in [2.24, 2.45) is 5.10 Å². The summed E-state index contributed by atoms with van der Waals surface area (Å²) >= 11 is 0. The van der Waals surface area contributed by atoms with E-state index in [2.05, 4.69) is 15.5 Å². The Balaban J connectivity index is 1.56. The number of methoxy groups -OCH3 is 1. The first-order valence-corrected chi connectivity index (χ1v) is 7.77. The van der Waals surface area contributed by atoms with Gasteiger partial charge in [0.2, 0.25) is 5.91 Å². The number of phenols is 1. The Labute approximate surface area is 144 Å². The van der Waals surface area contributed by atoms with E-state index in [0.717, 1.165) is 11.0 Å². The number of nitrogens with one attached hydrogen (secondary N) is 1. The molecule has 0 atom stereocenters. The summed E-state index contributed by atoms with van der Waals surface area (Å²) in [5, 5.41) is 13.8. The third kappa shape index (κ3) is 3.77. The summed E-state index contributed by atoms with van der Waals surface area (Å²) in [6.07, 6.45) is 3.36. The van der Waals surface area contributed by atoms with E-state index in [-0.39, 0.29) is 18.1 Å². The highest BCUT2D eigenvalue weighted by Crippen LogP contribution is 2.27. The molecule has 2 aromatic carbocycles. The molecule has 3 rings (SSSR count). The van der Waals surface area contributed by atoms with Gasteiger partial charge in [0.25, 0.3) is 0 Å². The highest BCUT2D eigenvalue weighted by molar-refractivity contribution is 5.86. The molecule has 0 fully saturated rings. The van der Waals surface area contributed by atoms with E-state index in [0.29, 0.717) is 17.9 Å². The zero-order valence-corrected chi connectivity index (χ0v) is 13.7. The van der Waals surface area contributed by atoms with E-state index in [1.807, 2.05) is 28.8 Å². The van der Waals surface area contributed by atoms with E-state index in [1.54, 1.807) is 24.5 Å². The predicted octanol–water partition coefficient (Wildman–Crippen LogP) is 2.29. The summed E-state index contributed by atoms with van der Waals surface area (Å²) in [5.41, 5.74) is 4.79. The van der Waals surface area contributed by atoms with Crippen molar-refractivity contribution < 1.29 is 14.6 Å². The molecule has 7 nitrogen and oxygen atoms in total. The van der Waals surface area contributed by atoms with Crippen LogP contribution in [-0.4, -0.2) is 33.9 Å². The minimum atomic E-state index is -0.226. The van der Waals surface area contributed by atoms with Crippen molar-refractivity contribution >= 4 is 23.2 Å². The van der Waals surface area contributed by atoms with Crippen LogP contribution in [0.3, 0.4) is 0 Å². The molecule has 25 heavy (non-hydrogen) atoms. The fourth-order valence-electron chi connectivity index (χ4n) is 2.45. The monoisotopic (exact) mass is 338 g/mol. The molecule has 1 heterocycles. The number of aromatic hydroxyl groups is 1. The van der Waals surface area contributed by atoms with Gasteiger partial charge in [0.1, 0.15) is 0 Å². The molecule has 128 valence electrons. The zero-order chi connectivity index (χ0) is 17.6. The van der Waals surface area contributed by atoms with Crippen molar-refractivity contribution in [2.75, 3.05) is 7.11 Å². The molecule has 0 aliphatic heterocycles. The molecule has 0 saturated carbocycles. The second kappa shape index (κ2) is 7.48. The van der Waals surface area contributed by atoms with E-state index in [1.165, 1.54) is 13.3 Å². The third-order valence-corrected chi connectivity index (χ3v) is 3.75. The lowest BCUT2D eigenvalue weighted by Crippen LogP contribution is -2.19. The maximum absolute atomic E-state index is 11.9. The summed E-state index contributed by atoms with van der Waals surface area (Å²) in [4.78, 5) is 16.2. The minimum Gasteiger partial charge on any atom is -0.504 e. The van der Waals surface area contributed by atoms with Crippen LogP contribution in [0.2, 0.25) is 0 Å². The van der Waals surface area contributed by atoms with Crippen molar-refractivity contribution in [3.05, 3.63) is 54.4 Å². The van der Waals surface area contributed by atoms with Crippen LogP contribution >= 0.6 is 0 Å². The van der Waals surface area contributed by atoms with E-state index in [9.17, 15) is 9.90 Å². The Morgan fingerprint density at radius 1 is 1.32 bits per heavy atom. The van der Waals surface area contributed by atoms with Crippen molar-refractivity contribution in [2.45, 2.75) is 13.0 Å². The van der Waals surface area contributed by atoms with E-state index >= 15 is 0 Å². The number of hydrogen-bond acceptors (Lipinski definition) is 5. The van der Waals surface area contributed by atoms with Crippen LogP contribution in [0.1, 0.15) is 12.0 Å². The van der Waals surface area contributed by atoms with Gasteiger partial charge in [0.15, 0.2) is 11.5 Å². The summed E-state index contributed by atoms with van der Waals surface area (Å²) in [7, 11) is 1.47. The van der Waals surface area contributed by atoms with Gasteiger partial charge in [-0.25, -0.2) is 10.4 Å². The maximum atomic E-state index is 11.9. The van der Waals surface area contributed by atoms with Crippen LogP contribution in [0.5, 0.6) is 11.5 Å². The van der Waals surface area contributed by atoms with E-state index < -0.39 is 0 Å². The zero-order valence-electron chi connectivity index (χ0n) is 13.7. The number of fused-ring (bicyclic) bond motifs is 1. The molecule has 7 heteroatoms. The van der Waals surface area contributed by atoms with E-state index in [4.69, 9.17) is 4.74 Å². The molecular formula is C18H18N4O3. The Morgan fingerprint density at radius 3 is 3.00 bits per heavy atom. The number of imidazole rings is 1. The molecule has 2 N–H and O–H groups in total. The summed E-state index contributed by atoms with van der Waals surface area (Å²) in [5.74, 6) is 0.103. The lowest BCUT2D eigenvalue weighted by Gasteiger charge is -2.05. The first kappa shape index (κ1) is 16.5. The van der Waals surface area contributed by atoms with Gasteiger partial charge in [0, 0.05) is 18.5 Å². The molecule has 3 aromatic rings. The average molecular weight is 338 g/mol. The smallest absolute Gasteiger partial charge is 0.241 e. The second-order valence-electron chi connectivity index (χ2n) is 5.37. The molecule has 0 bridgehead atoms. The van der Waals surface area contributed by atoms with Crippen molar-refractivity contribution in [1.29, 1.82) is 0 Å². The molecule has 0 aliphatic rings. The summed E-state index contributed by atoms with van der Waals surface area (Å²) in [6.45, 7) is 0.506. The number of ether oxygens (including phenoxy) is 1. The second-order valence-corrected chi connectivity index (χ2v) is 5.37. The number of nitrogens with zero attached hydrogens (tertiary/aromatic N) is 3. The molecule has 1 aromatic heterocycles. The van der Waals surface area contributed by atoms with Gasteiger partial charge >= 0.3 is 0 Å². The van der Waals surface area contributed by atoms with Gasteiger partial charge in [-0.05, 0) is 24.3 Å². The Bertz CT molecular complexity index is 918. The van der Waals surface area contributed by atoms with Crippen LogP contribution in [0, 0.1) is 0 Å². The van der Waals surface area contributed by atoms with Crippen LogP contribution in [0.4, 0.5) is 0 Å². The number of aromatic nitrogens is 2. The lowest BCUT2D eigenvalue weighted by atomic mass is 10.2. The number of amides is 1. The van der Waals surface area contributed by atoms with Gasteiger partial charge in [-0.1, -0.05) is 18.2 Å². The predicted molar refractivity (Wildman–Crippen MR) is 94.7 cm³/mol. The van der Waals surface area contributed by atoms with Crippen LogP contribution in [-0.2, 0) is 11.3 Å². The molecule has 0 unspecified atom stereocenters. The number of rotatable bonds is 6. The molecule has 1 amide bonds. The van der Waals surface area contributed by atoms with Crippen molar-refractivity contribution in [1.82, 2.24) is 15.0 Å². The SMILES string of the molecule is COc1cccc(/C=N\NC(=O)CCn2cnc3ccccc32)c1O. The normalized spacial score (nSPS) is 11.1. The fourth-order valence-corrected chi connectivity index (χ4v) is 2.45. The fraction of sp³-hybridized carbons (Fsp3) is 0.167. The van der Waals surface area contributed by atoms with Gasteiger partial charge in [-0.2, -0.15) is 5.10 Å². The Morgan fingerprint density at radius 2 is 2.16 bits per heavy atom. The first-order valence-electron chi connectivity index (χ1n) is 7.77. The molecule has 0 aliphatic carbocycles. The van der Waals surface area contributed by atoms with Crippen LogP contribution in [0.25, 0.3) is 11.0 Å². The number of carbonyl (C=O) groups excluding carboxylic acids is 1. The standard InChI is InChI=1S/C18H18N4O3/c1-25-16-8-4-5-13(18(16)24)11-20-21-17(23)9-10-22-12-19-14-6-2-3-7-15(14)22/h2-8,11-12,24H,9-10H2,1H3,(H,21,23)/b20-11-. The summed E-state index contributed by atoms with van der Waals surface area (Å²) < 4.78 is 6.94. The number of carbonyl (C=O) groups is 1. The number of aryl methyl sites for hydroxylation is 1. The van der Waals surface area contributed by atoms with Gasteiger partial charge in [-0.3, -0.25) is 4.79 Å². The minimum absolute atomic E-state index is 0.0205. The highest BCUT2D eigenvalue weighted by Gasteiger charge is 2.06. The molecule has 0 saturated heterocycles. The number of hydrazone groups is 1. The molecular weight excluding hydrogens is 320 g/mol. The third-order valence-electron chi connectivity index (χ3n) is 3.75. The first-order chi connectivity index (χ1) is 12.2. The van der Waals surface area contributed by atoms with Gasteiger partial charge < -0.3 is 14.4 Å². The Hall–Kier alpha value is -3.35. The lowest BCUT2D eigenvalue weighted by molar-refractivity contribution is -0.121. The van der Waals surface area contributed by atoms with Crippen molar-refractivity contribution in [3.8, 4) is 11.5 Å². The van der Waals surface area contributed by atoms with Crippen LogP contribution < -0.4 is 10.2 Å². The van der Waals surface area contributed by atoms with Crippen LogP contribution in [0.15, 0.2) is 53.9 Å². The number of hydrogen-bond donors (Lipinski definition) is 2. The number of phenolic OH excluding ortho intramolecular Hbond substituents is 1. The Kier molecular flexibility index (Phi) is 4.94. The van der Waals surface area contributed by atoms with Gasteiger partial charge in [-0.15, -0.1) is 0 Å². The highest BCUT2D eigenvalue weighted by atomic mass is 16.5. The van der Waals surface area contributed by atoms with Gasteiger partial charge in [0.05, 0.1) is 30.7 Å². The maximum Gasteiger partial charge on any atom is 0.241 e. The quantitative estimate of drug-likeness (QED) is 0.533. The number of para-hydroxylation sites is 3.